The van der Waals surface area contributed by atoms with Crippen molar-refractivity contribution in [3.05, 3.63) is 41.7 Å². The van der Waals surface area contributed by atoms with E-state index < -0.39 is 0 Å². The van der Waals surface area contributed by atoms with Gasteiger partial charge in [0.1, 0.15) is 11.5 Å². The van der Waals surface area contributed by atoms with E-state index in [4.69, 9.17) is 9.47 Å². The molecule has 0 unspecified atom stereocenters. The summed E-state index contributed by atoms with van der Waals surface area (Å²) in [5.74, 6) is 1.98. The van der Waals surface area contributed by atoms with Crippen LogP contribution >= 0.6 is 0 Å². The fraction of sp³-hybridized carbons (Fsp3) is 0.389. The van der Waals surface area contributed by atoms with E-state index in [-0.39, 0.29) is 5.91 Å². The minimum absolute atomic E-state index is 0.0229. The maximum absolute atomic E-state index is 12.9. The minimum Gasteiger partial charge on any atom is -0.496 e. The summed E-state index contributed by atoms with van der Waals surface area (Å²) >= 11 is 0. The summed E-state index contributed by atoms with van der Waals surface area (Å²) in [6.07, 6.45) is 3.45. The number of carbonyl (C=O) groups excluding carboxylic acids is 1. The molecule has 132 valence electrons. The quantitative estimate of drug-likeness (QED) is 0.843. The number of aromatic nitrogens is 2. The summed E-state index contributed by atoms with van der Waals surface area (Å²) in [7, 11) is 3.18. The third kappa shape index (κ3) is 3.50. The van der Waals surface area contributed by atoms with Crippen molar-refractivity contribution in [1.82, 2.24) is 14.9 Å². The van der Waals surface area contributed by atoms with E-state index >= 15 is 0 Å². The van der Waals surface area contributed by atoms with Gasteiger partial charge >= 0.3 is 0 Å². The van der Waals surface area contributed by atoms with Gasteiger partial charge in [-0.15, -0.1) is 0 Å². The molecule has 0 radical (unpaired) electrons. The number of hydrogen-bond donors (Lipinski definition) is 0. The molecular formula is C18H22N4O3. The van der Waals surface area contributed by atoms with Gasteiger partial charge in [-0.2, -0.15) is 0 Å². The molecule has 0 atom stereocenters. The SMILES string of the molecule is COc1cc(C(=O)N2CCN(c3ncccn3)CC2)cc(OC)c1C. The van der Waals surface area contributed by atoms with Crippen molar-refractivity contribution in [2.75, 3.05) is 45.3 Å². The number of amides is 1. The van der Waals surface area contributed by atoms with Gasteiger partial charge in [0.25, 0.3) is 5.91 Å². The Bertz CT molecular complexity index is 718. The highest BCUT2D eigenvalue weighted by Crippen LogP contribution is 2.30. The van der Waals surface area contributed by atoms with Crippen molar-refractivity contribution >= 4 is 11.9 Å². The molecule has 1 aliphatic heterocycles. The number of nitrogens with zero attached hydrogens (tertiary/aromatic N) is 4. The van der Waals surface area contributed by atoms with Crippen LogP contribution in [0.25, 0.3) is 0 Å². The second-order valence-electron chi connectivity index (χ2n) is 5.83. The van der Waals surface area contributed by atoms with E-state index in [1.165, 1.54) is 0 Å². The molecule has 0 saturated carbocycles. The molecular weight excluding hydrogens is 320 g/mol. The van der Waals surface area contributed by atoms with Gasteiger partial charge < -0.3 is 19.3 Å². The van der Waals surface area contributed by atoms with Crippen molar-refractivity contribution in [3.8, 4) is 11.5 Å². The topological polar surface area (TPSA) is 67.8 Å². The molecule has 0 bridgehead atoms. The van der Waals surface area contributed by atoms with Gasteiger partial charge in [0, 0.05) is 49.7 Å². The first-order valence-electron chi connectivity index (χ1n) is 8.18. The Balaban J connectivity index is 1.72. The number of ether oxygens (including phenoxy) is 2. The number of hydrogen-bond acceptors (Lipinski definition) is 6. The van der Waals surface area contributed by atoms with Gasteiger partial charge in [0.05, 0.1) is 14.2 Å². The van der Waals surface area contributed by atoms with Crippen molar-refractivity contribution in [1.29, 1.82) is 0 Å². The Hall–Kier alpha value is -2.83. The lowest BCUT2D eigenvalue weighted by Gasteiger charge is -2.34. The van der Waals surface area contributed by atoms with Gasteiger partial charge in [-0.25, -0.2) is 9.97 Å². The van der Waals surface area contributed by atoms with E-state index in [2.05, 4.69) is 14.9 Å². The Labute approximate surface area is 147 Å². The van der Waals surface area contributed by atoms with Crippen LogP contribution in [0.1, 0.15) is 15.9 Å². The highest BCUT2D eigenvalue weighted by Gasteiger charge is 2.24. The summed E-state index contributed by atoms with van der Waals surface area (Å²) in [5, 5.41) is 0. The predicted octanol–water partition coefficient (Wildman–Crippen LogP) is 1.76. The Kier molecular flexibility index (Phi) is 5.02. The molecule has 0 spiro atoms. The Morgan fingerprint density at radius 1 is 1.00 bits per heavy atom. The van der Waals surface area contributed by atoms with Gasteiger partial charge in [-0.05, 0) is 25.1 Å². The number of methoxy groups -OCH3 is 2. The predicted molar refractivity (Wildman–Crippen MR) is 94.4 cm³/mol. The van der Waals surface area contributed by atoms with Gasteiger partial charge in [-0.3, -0.25) is 4.79 Å². The summed E-state index contributed by atoms with van der Waals surface area (Å²) in [5.41, 5.74) is 1.45. The molecule has 25 heavy (non-hydrogen) atoms. The summed E-state index contributed by atoms with van der Waals surface area (Å²) in [4.78, 5) is 25.3. The molecule has 1 amide bonds. The first-order chi connectivity index (χ1) is 12.1. The molecule has 1 aromatic carbocycles. The molecule has 2 aromatic rings. The lowest BCUT2D eigenvalue weighted by atomic mass is 10.1. The molecule has 1 saturated heterocycles. The van der Waals surface area contributed by atoms with Crippen LogP contribution in [0.2, 0.25) is 0 Å². The first-order valence-corrected chi connectivity index (χ1v) is 8.18. The number of benzene rings is 1. The molecule has 2 heterocycles. The van der Waals surface area contributed by atoms with Crippen molar-refractivity contribution in [2.24, 2.45) is 0 Å². The summed E-state index contributed by atoms with van der Waals surface area (Å²) in [6.45, 7) is 4.56. The highest BCUT2D eigenvalue weighted by molar-refractivity contribution is 5.95. The molecule has 1 fully saturated rings. The largest absolute Gasteiger partial charge is 0.496 e. The molecule has 3 rings (SSSR count). The fourth-order valence-corrected chi connectivity index (χ4v) is 2.96. The van der Waals surface area contributed by atoms with Crippen LogP contribution in [-0.4, -0.2) is 61.2 Å². The Morgan fingerprint density at radius 3 is 2.08 bits per heavy atom. The van der Waals surface area contributed by atoms with Crippen LogP contribution < -0.4 is 14.4 Å². The van der Waals surface area contributed by atoms with Crippen LogP contribution in [0.4, 0.5) is 5.95 Å². The number of carbonyl (C=O) groups is 1. The van der Waals surface area contributed by atoms with E-state index in [9.17, 15) is 4.79 Å². The van der Waals surface area contributed by atoms with Crippen LogP contribution in [0.3, 0.4) is 0 Å². The third-order valence-electron chi connectivity index (χ3n) is 4.40. The fourth-order valence-electron chi connectivity index (χ4n) is 2.96. The zero-order valence-electron chi connectivity index (χ0n) is 14.7. The van der Waals surface area contributed by atoms with E-state index in [1.807, 2.05) is 11.8 Å². The first kappa shape index (κ1) is 17.0. The molecule has 7 heteroatoms. The maximum atomic E-state index is 12.9. The zero-order valence-corrected chi connectivity index (χ0v) is 14.7. The van der Waals surface area contributed by atoms with Crippen LogP contribution in [-0.2, 0) is 0 Å². The summed E-state index contributed by atoms with van der Waals surface area (Å²) in [6, 6.07) is 5.33. The van der Waals surface area contributed by atoms with Crippen molar-refractivity contribution in [3.63, 3.8) is 0 Å². The van der Waals surface area contributed by atoms with Gasteiger partial charge in [0.15, 0.2) is 0 Å². The lowest BCUT2D eigenvalue weighted by Crippen LogP contribution is -2.49. The molecule has 1 aromatic heterocycles. The number of rotatable bonds is 4. The highest BCUT2D eigenvalue weighted by atomic mass is 16.5. The van der Waals surface area contributed by atoms with Crippen LogP contribution in [0.15, 0.2) is 30.6 Å². The normalized spacial score (nSPS) is 14.4. The number of anilines is 1. The molecule has 0 aliphatic carbocycles. The van der Waals surface area contributed by atoms with Crippen LogP contribution in [0, 0.1) is 6.92 Å². The molecule has 0 N–H and O–H groups in total. The second-order valence-corrected chi connectivity index (χ2v) is 5.83. The summed E-state index contributed by atoms with van der Waals surface area (Å²) < 4.78 is 10.7. The van der Waals surface area contributed by atoms with Gasteiger partial charge in [-0.1, -0.05) is 0 Å². The van der Waals surface area contributed by atoms with E-state index in [0.717, 1.165) is 5.56 Å². The monoisotopic (exact) mass is 342 g/mol. The van der Waals surface area contributed by atoms with Gasteiger partial charge in [0.2, 0.25) is 5.95 Å². The maximum Gasteiger partial charge on any atom is 0.254 e. The molecule has 1 aliphatic rings. The standard InChI is InChI=1S/C18H22N4O3/c1-13-15(24-2)11-14(12-16(13)25-3)17(23)21-7-9-22(10-8-21)18-19-5-4-6-20-18/h4-6,11-12H,7-10H2,1-3H3. The van der Waals surface area contributed by atoms with E-state index in [1.54, 1.807) is 44.8 Å². The van der Waals surface area contributed by atoms with Crippen LogP contribution in [0.5, 0.6) is 11.5 Å². The third-order valence-corrected chi connectivity index (χ3v) is 4.40. The average Bonchev–Trinajstić information content (AvgIpc) is 2.68. The van der Waals surface area contributed by atoms with Crippen molar-refractivity contribution in [2.45, 2.75) is 6.92 Å². The second kappa shape index (κ2) is 7.38. The molecule has 7 nitrogen and oxygen atoms in total. The number of piperazine rings is 1. The lowest BCUT2D eigenvalue weighted by molar-refractivity contribution is 0.0745. The Morgan fingerprint density at radius 2 is 1.56 bits per heavy atom. The zero-order chi connectivity index (χ0) is 17.8. The van der Waals surface area contributed by atoms with E-state index in [0.29, 0.717) is 49.2 Å². The average molecular weight is 342 g/mol. The van der Waals surface area contributed by atoms with Crippen molar-refractivity contribution < 1.29 is 14.3 Å². The smallest absolute Gasteiger partial charge is 0.254 e. The minimum atomic E-state index is -0.0229.